The Kier molecular flexibility index (Phi) is 3.89. The summed E-state index contributed by atoms with van der Waals surface area (Å²) in [7, 11) is 0. The van der Waals surface area contributed by atoms with Crippen LogP contribution in [0.3, 0.4) is 0 Å². The first kappa shape index (κ1) is 12.9. The lowest BCUT2D eigenvalue weighted by molar-refractivity contribution is 0.0693. The first-order chi connectivity index (χ1) is 8.58. The predicted octanol–water partition coefficient (Wildman–Crippen LogP) is 4.33. The van der Waals surface area contributed by atoms with Gasteiger partial charge in [0.2, 0.25) is 0 Å². The molecule has 5 heteroatoms. The van der Waals surface area contributed by atoms with Crippen LogP contribution in [0.4, 0.5) is 4.39 Å². The molecule has 0 amide bonds. The van der Waals surface area contributed by atoms with Gasteiger partial charge in [0.1, 0.15) is 5.82 Å². The molecule has 0 fully saturated rings. The molecule has 2 aromatic rings. The van der Waals surface area contributed by atoms with Crippen LogP contribution in [0.5, 0.6) is 0 Å². The van der Waals surface area contributed by atoms with Crippen LogP contribution in [0.2, 0.25) is 5.02 Å². The number of aromatic carboxylic acids is 1. The first-order valence-electron chi connectivity index (χ1n) is 5.03. The molecule has 18 heavy (non-hydrogen) atoms. The number of carboxylic acids is 1. The lowest BCUT2D eigenvalue weighted by Gasteiger charge is -2.07. The SMILES string of the molecule is O=C(O)c1cc(Cl)ccc1Sc1ccccc1F. The summed E-state index contributed by atoms with van der Waals surface area (Å²) in [4.78, 5) is 11.9. The van der Waals surface area contributed by atoms with Crippen LogP contribution < -0.4 is 0 Å². The van der Waals surface area contributed by atoms with Crippen molar-refractivity contribution in [3.63, 3.8) is 0 Å². The summed E-state index contributed by atoms with van der Waals surface area (Å²) in [6.07, 6.45) is 0. The Balaban J connectivity index is 2.41. The molecule has 0 saturated carbocycles. The topological polar surface area (TPSA) is 37.3 Å². The van der Waals surface area contributed by atoms with Gasteiger partial charge in [-0.05, 0) is 30.3 Å². The van der Waals surface area contributed by atoms with Crippen LogP contribution in [-0.4, -0.2) is 11.1 Å². The molecule has 0 unspecified atom stereocenters. The molecule has 92 valence electrons. The Hall–Kier alpha value is -1.52. The molecule has 0 aliphatic heterocycles. The number of hydrogen-bond acceptors (Lipinski definition) is 2. The van der Waals surface area contributed by atoms with E-state index in [0.29, 0.717) is 14.8 Å². The molecule has 0 aliphatic carbocycles. The standard InChI is InChI=1S/C13H8ClFO2S/c14-8-5-6-11(9(7-8)13(16)17)18-12-4-2-1-3-10(12)15/h1-7H,(H,16,17). The maximum absolute atomic E-state index is 13.5. The molecule has 0 radical (unpaired) electrons. The molecule has 0 saturated heterocycles. The molecule has 0 heterocycles. The lowest BCUT2D eigenvalue weighted by Crippen LogP contribution is -1.98. The van der Waals surface area contributed by atoms with Gasteiger partial charge in [-0.25, -0.2) is 9.18 Å². The minimum Gasteiger partial charge on any atom is -0.478 e. The number of carbonyl (C=O) groups is 1. The first-order valence-corrected chi connectivity index (χ1v) is 6.22. The smallest absolute Gasteiger partial charge is 0.336 e. The van der Waals surface area contributed by atoms with Crippen molar-refractivity contribution in [3.8, 4) is 0 Å². The van der Waals surface area contributed by atoms with Gasteiger partial charge in [-0.3, -0.25) is 0 Å². The minimum atomic E-state index is -1.09. The van der Waals surface area contributed by atoms with Gasteiger partial charge in [0, 0.05) is 14.8 Å². The zero-order valence-corrected chi connectivity index (χ0v) is 10.6. The molecule has 0 atom stereocenters. The minimum absolute atomic E-state index is 0.0655. The summed E-state index contributed by atoms with van der Waals surface area (Å²) >= 11 is 6.81. The molecular weight excluding hydrogens is 275 g/mol. The fourth-order valence-electron chi connectivity index (χ4n) is 1.40. The quantitative estimate of drug-likeness (QED) is 0.910. The second-order valence-electron chi connectivity index (χ2n) is 3.48. The maximum atomic E-state index is 13.5. The second-order valence-corrected chi connectivity index (χ2v) is 5.00. The van der Waals surface area contributed by atoms with Crippen molar-refractivity contribution in [1.29, 1.82) is 0 Å². The van der Waals surface area contributed by atoms with E-state index in [-0.39, 0.29) is 11.4 Å². The summed E-state index contributed by atoms with van der Waals surface area (Å²) in [6, 6.07) is 10.7. The second kappa shape index (κ2) is 5.42. The van der Waals surface area contributed by atoms with E-state index in [4.69, 9.17) is 16.7 Å². The van der Waals surface area contributed by atoms with Gasteiger partial charge in [0.25, 0.3) is 0 Å². The number of carboxylic acid groups (broad SMARTS) is 1. The molecule has 2 aromatic carbocycles. The van der Waals surface area contributed by atoms with Crippen LogP contribution in [0.1, 0.15) is 10.4 Å². The molecule has 0 spiro atoms. The fraction of sp³-hybridized carbons (Fsp3) is 0. The van der Waals surface area contributed by atoms with E-state index in [9.17, 15) is 9.18 Å². The van der Waals surface area contributed by atoms with Crippen molar-refractivity contribution in [1.82, 2.24) is 0 Å². The van der Waals surface area contributed by atoms with Gasteiger partial charge in [-0.2, -0.15) is 0 Å². The Labute approximate surface area is 112 Å². The molecule has 0 aromatic heterocycles. The van der Waals surface area contributed by atoms with Crippen LogP contribution in [0.25, 0.3) is 0 Å². The molecule has 0 aliphatic rings. The monoisotopic (exact) mass is 282 g/mol. The zero-order valence-electron chi connectivity index (χ0n) is 9.06. The van der Waals surface area contributed by atoms with Gasteiger partial charge in [0.05, 0.1) is 5.56 Å². The highest BCUT2D eigenvalue weighted by molar-refractivity contribution is 7.99. The van der Waals surface area contributed by atoms with E-state index in [1.807, 2.05) is 0 Å². The van der Waals surface area contributed by atoms with Crippen LogP contribution in [0.15, 0.2) is 52.3 Å². The van der Waals surface area contributed by atoms with E-state index < -0.39 is 5.97 Å². The average Bonchev–Trinajstić information content (AvgIpc) is 2.34. The Morgan fingerprint density at radius 1 is 1.17 bits per heavy atom. The number of halogens is 2. The number of benzene rings is 2. The lowest BCUT2D eigenvalue weighted by atomic mass is 10.2. The number of hydrogen-bond donors (Lipinski definition) is 1. The summed E-state index contributed by atoms with van der Waals surface area (Å²) in [6.45, 7) is 0. The molecule has 0 bridgehead atoms. The summed E-state index contributed by atoms with van der Waals surface area (Å²) in [5.41, 5.74) is 0.0655. The Morgan fingerprint density at radius 2 is 1.89 bits per heavy atom. The van der Waals surface area contributed by atoms with Crippen LogP contribution in [0, 0.1) is 5.82 Å². The highest BCUT2D eigenvalue weighted by atomic mass is 35.5. The molecule has 2 rings (SSSR count). The van der Waals surface area contributed by atoms with Gasteiger partial charge in [-0.1, -0.05) is 35.5 Å². The molecular formula is C13H8ClFO2S. The molecule has 1 N–H and O–H groups in total. The highest BCUT2D eigenvalue weighted by Crippen LogP contribution is 2.33. The van der Waals surface area contributed by atoms with Crippen molar-refractivity contribution in [2.75, 3.05) is 0 Å². The maximum Gasteiger partial charge on any atom is 0.336 e. The van der Waals surface area contributed by atoms with Crippen LogP contribution >= 0.6 is 23.4 Å². The molecule has 2 nitrogen and oxygen atoms in total. The van der Waals surface area contributed by atoms with Crippen molar-refractivity contribution < 1.29 is 14.3 Å². The third kappa shape index (κ3) is 2.83. The predicted molar refractivity (Wildman–Crippen MR) is 68.9 cm³/mol. The van der Waals surface area contributed by atoms with Gasteiger partial charge in [0.15, 0.2) is 0 Å². The summed E-state index contributed by atoms with van der Waals surface area (Å²) < 4.78 is 13.5. The van der Waals surface area contributed by atoms with Gasteiger partial charge in [-0.15, -0.1) is 0 Å². The normalized spacial score (nSPS) is 10.3. The highest BCUT2D eigenvalue weighted by Gasteiger charge is 2.13. The average molecular weight is 283 g/mol. The van der Waals surface area contributed by atoms with E-state index in [1.54, 1.807) is 30.3 Å². The Bertz CT molecular complexity index is 601. The number of rotatable bonds is 3. The van der Waals surface area contributed by atoms with Gasteiger partial charge >= 0.3 is 5.97 Å². The van der Waals surface area contributed by atoms with Crippen molar-refractivity contribution in [2.45, 2.75) is 9.79 Å². The van der Waals surface area contributed by atoms with E-state index in [0.717, 1.165) is 11.8 Å². The largest absolute Gasteiger partial charge is 0.478 e. The fourth-order valence-corrected chi connectivity index (χ4v) is 2.52. The van der Waals surface area contributed by atoms with Crippen molar-refractivity contribution in [2.24, 2.45) is 0 Å². The van der Waals surface area contributed by atoms with E-state index >= 15 is 0 Å². The van der Waals surface area contributed by atoms with Crippen LogP contribution in [-0.2, 0) is 0 Å². The van der Waals surface area contributed by atoms with Gasteiger partial charge < -0.3 is 5.11 Å². The van der Waals surface area contributed by atoms with E-state index in [1.165, 1.54) is 12.1 Å². The zero-order chi connectivity index (χ0) is 13.1. The Morgan fingerprint density at radius 3 is 2.56 bits per heavy atom. The van der Waals surface area contributed by atoms with E-state index in [2.05, 4.69) is 0 Å². The van der Waals surface area contributed by atoms with Crippen molar-refractivity contribution >= 4 is 29.3 Å². The summed E-state index contributed by atoms with van der Waals surface area (Å²) in [5, 5.41) is 9.41. The van der Waals surface area contributed by atoms with Crippen molar-refractivity contribution in [3.05, 3.63) is 58.9 Å². The third-order valence-corrected chi connectivity index (χ3v) is 3.59. The summed E-state index contributed by atoms with van der Waals surface area (Å²) in [5.74, 6) is -1.47. The third-order valence-electron chi connectivity index (χ3n) is 2.23.